The molecule has 1 aromatic rings. The number of nitrogens with zero attached hydrogens (tertiary/aromatic N) is 1. The average Bonchev–Trinajstić information content (AvgIpc) is 3.03. The van der Waals surface area contributed by atoms with Crippen molar-refractivity contribution in [1.82, 2.24) is 10.3 Å². The van der Waals surface area contributed by atoms with Crippen LogP contribution >= 0.6 is 11.3 Å². The first-order valence-electron chi connectivity index (χ1n) is 6.65. The Kier molecular flexibility index (Phi) is 3.71. The number of nitrogens with one attached hydrogen (secondary N) is 2. The molecule has 0 spiro atoms. The lowest BCUT2D eigenvalue weighted by atomic mass is 9.99. The van der Waals surface area contributed by atoms with Gasteiger partial charge >= 0.3 is 0 Å². The molecule has 1 aromatic heterocycles. The van der Waals surface area contributed by atoms with E-state index in [4.69, 9.17) is 5.73 Å². The number of anilines is 2. The number of carbonyl (C=O) groups excluding carboxylic acids is 1. The fourth-order valence-electron chi connectivity index (χ4n) is 2.06. The van der Waals surface area contributed by atoms with Crippen molar-refractivity contribution in [3.05, 3.63) is 4.88 Å². The van der Waals surface area contributed by atoms with E-state index in [0.717, 1.165) is 0 Å². The lowest BCUT2D eigenvalue weighted by molar-refractivity contribution is 0.0908. The number of nitrogens with two attached hydrogens (primary N) is 1. The molecule has 0 saturated heterocycles. The molecule has 1 amide bonds. The van der Waals surface area contributed by atoms with Crippen LogP contribution in [0.25, 0.3) is 0 Å². The van der Waals surface area contributed by atoms with Gasteiger partial charge in [0.2, 0.25) is 0 Å². The summed E-state index contributed by atoms with van der Waals surface area (Å²) in [6, 6.07) is 0.268. The van der Waals surface area contributed by atoms with Crippen molar-refractivity contribution in [2.24, 2.45) is 5.92 Å². The van der Waals surface area contributed by atoms with Crippen LogP contribution in [0.3, 0.4) is 0 Å². The Bertz CT molecular complexity index is 477. The lowest BCUT2D eigenvalue weighted by Crippen LogP contribution is -2.45. The lowest BCUT2D eigenvalue weighted by Gasteiger charge is -2.25. The van der Waals surface area contributed by atoms with Crippen molar-refractivity contribution in [3.63, 3.8) is 0 Å². The van der Waals surface area contributed by atoms with Gasteiger partial charge in [-0.1, -0.05) is 11.3 Å². The molecule has 4 N–H and O–H groups in total. The van der Waals surface area contributed by atoms with Crippen molar-refractivity contribution in [2.75, 3.05) is 11.1 Å². The van der Waals surface area contributed by atoms with E-state index < -0.39 is 0 Å². The first-order chi connectivity index (χ1) is 8.79. The largest absolute Gasteiger partial charge is 0.382 e. The molecule has 2 rings (SSSR count). The number of aromatic nitrogens is 1. The minimum atomic E-state index is -0.168. The quantitative estimate of drug-likeness (QED) is 0.775. The van der Waals surface area contributed by atoms with Gasteiger partial charge in [0.15, 0.2) is 5.13 Å². The van der Waals surface area contributed by atoms with E-state index in [1.165, 1.54) is 24.2 Å². The summed E-state index contributed by atoms with van der Waals surface area (Å²) < 4.78 is 0. The molecule has 0 aliphatic heterocycles. The van der Waals surface area contributed by atoms with Gasteiger partial charge in [0.25, 0.3) is 5.91 Å². The van der Waals surface area contributed by atoms with Crippen molar-refractivity contribution < 1.29 is 4.79 Å². The topological polar surface area (TPSA) is 80.0 Å². The molecule has 1 aliphatic rings. The first kappa shape index (κ1) is 14.1. The van der Waals surface area contributed by atoms with Gasteiger partial charge in [-0.15, -0.1) is 0 Å². The van der Waals surface area contributed by atoms with Crippen LogP contribution in [0.2, 0.25) is 0 Å². The third-order valence-corrected chi connectivity index (χ3v) is 4.31. The average molecular weight is 282 g/mol. The fraction of sp³-hybridized carbons (Fsp3) is 0.692. The number of carbonyl (C=O) groups is 1. The first-order valence-corrected chi connectivity index (χ1v) is 7.46. The van der Waals surface area contributed by atoms with E-state index in [-0.39, 0.29) is 17.5 Å². The second-order valence-electron chi connectivity index (χ2n) is 5.98. The Balaban J connectivity index is 2.08. The maximum absolute atomic E-state index is 12.3. The standard InChI is InChI=1S/C13H22N4OS/c1-7(2)15-12-16-10(14)9(19-12)11(18)17-13(3,4)8-5-6-8/h7-8H,5-6,14H2,1-4H3,(H,15,16)(H,17,18). The van der Waals surface area contributed by atoms with Crippen LogP contribution in [-0.2, 0) is 0 Å². The van der Waals surface area contributed by atoms with E-state index in [1.807, 2.05) is 13.8 Å². The summed E-state index contributed by atoms with van der Waals surface area (Å²) in [5, 5.41) is 6.93. The van der Waals surface area contributed by atoms with Crippen LogP contribution in [-0.4, -0.2) is 22.5 Å². The van der Waals surface area contributed by atoms with E-state index >= 15 is 0 Å². The van der Waals surface area contributed by atoms with E-state index in [1.54, 1.807) is 0 Å². The zero-order valence-corrected chi connectivity index (χ0v) is 12.7. The second kappa shape index (κ2) is 5.00. The van der Waals surface area contributed by atoms with Gasteiger partial charge in [-0.25, -0.2) is 4.98 Å². The SMILES string of the molecule is CC(C)Nc1nc(N)c(C(=O)NC(C)(C)C2CC2)s1. The van der Waals surface area contributed by atoms with Gasteiger partial charge in [0.05, 0.1) is 0 Å². The van der Waals surface area contributed by atoms with Crippen molar-refractivity contribution in [1.29, 1.82) is 0 Å². The molecule has 0 radical (unpaired) electrons. The Morgan fingerprint density at radius 3 is 2.63 bits per heavy atom. The highest BCUT2D eigenvalue weighted by Gasteiger charge is 2.39. The van der Waals surface area contributed by atoms with E-state index in [2.05, 4.69) is 29.5 Å². The molecule has 1 heterocycles. The predicted octanol–water partition coefficient (Wildman–Crippen LogP) is 2.46. The molecule has 1 fully saturated rings. The molecule has 0 bridgehead atoms. The van der Waals surface area contributed by atoms with Crippen LogP contribution in [0.5, 0.6) is 0 Å². The number of hydrogen-bond donors (Lipinski definition) is 3. The Hall–Kier alpha value is -1.30. The molecule has 106 valence electrons. The molecule has 5 nitrogen and oxygen atoms in total. The molecular weight excluding hydrogens is 260 g/mol. The zero-order chi connectivity index (χ0) is 14.2. The van der Waals surface area contributed by atoms with Crippen LogP contribution in [0.4, 0.5) is 10.9 Å². The van der Waals surface area contributed by atoms with Crippen molar-refractivity contribution in [3.8, 4) is 0 Å². The van der Waals surface area contributed by atoms with Gasteiger partial charge in [-0.2, -0.15) is 0 Å². The van der Waals surface area contributed by atoms with Crippen LogP contribution in [0.15, 0.2) is 0 Å². The summed E-state index contributed by atoms with van der Waals surface area (Å²) in [7, 11) is 0. The molecule has 1 aliphatic carbocycles. The highest BCUT2D eigenvalue weighted by molar-refractivity contribution is 7.18. The summed E-state index contributed by atoms with van der Waals surface area (Å²) in [4.78, 5) is 16.9. The highest BCUT2D eigenvalue weighted by atomic mass is 32.1. The zero-order valence-electron chi connectivity index (χ0n) is 11.9. The Morgan fingerprint density at radius 2 is 2.11 bits per heavy atom. The normalized spacial score (nSPS) is 15.6. The molecular formula is C13H22N4OS. The van der Waals surface area contributed by atoms with E-state index in [0.29, 0.717) is 21.7 Å². The molecule has 0 unspecified atom stereocenters. The Morgan fingerprint density at radius 1 is 1.47 bits per heavy atom. The third kappa shape index (κ3) is 3.37. The monoisotopic (exact) mass is 282 g/mol. The minimum Gasteiger partial charge on any atom is -0.382 e. The van der Waals surface area contributed by atoms with E-state index in [9.17, 15) is 4.79 Å². The van der Waals surface area contributed by atoms with Gasteiger partial charge in [0, 0.05) is 11.6 Å². The van der Waals surface area contributed by atoms with Gasteiger partial charge in [-0.05, 0) is 46.5 Å². The number of hydrogen-bond acceptors (Lipinski definition) is 5. The highest BCUT2D eigenvalue weighted by Crippen LogP contribution is 2.39. The minimum absolute atomic E-state index is 0.122. The maximum Gasteiger partial charge on any atom is 0.265 e. The second-order valence-corrected chi connectivity index (χ2v) is 6.98. The molecule has 0 aromatic carbocycles. The number of nitrogen functional groups attached to an aromatic ring is 1. The fourth-order valence-corrected chi connectivity index (χ4v) is 2.99. The summed E-state index contributed by atoms with van der Waals surface area (Å²) in [5.74, 6) is 0.764. The third-order valence-electron chi connectivity index (χ3n) is 3.31. The maximum atomic E-state index is 12.3. The summed E-state index contributed by atoms with van der Waals surface area (Å²) in [6.45, 7) is 8.17. The van der Waals surface area contributed by atoms with Crippen LogP contribution in [0.1, 0.15) is 50.2 Å². The molecule has 0 atom stereocenters. The van der Waals surface area contributed by atoms with Gasteiger partial charge in [0.1, 0.15) is 10.7 Å². The summed E-state index contributed by atoms with van der Waals surface area (Å²) in [6.07, 6.45) is 2.37. The molecule has 19 heavy (non-hydrogen) atoms. The van der Waals surface area contributed by atoms with Crippen LogP contribution in [0, 0.1) is 5.92 Å². The van der Waals surface area contributed by atoms with Gasteiger partial charge < -0.3 is 16.4 Å². The smallest absolute Gasteiger partial charge is 0.265 e. The number of rotatable bonds is 5. The summed E-state index contributed by atoms with van der Waals surface area (Å²) in [5.41, 5.74) is 5.66. The number of thiazole rings is 1. The van der Waals surface area contributed by atoms with Crippen molar-refractivity contribution in [2.45, 2.75) is 52.1 Å². The van der Waals surface area contributed by atoms with Gasteiger partial charge in [-0.3, -0.25) is 4.79 Å². The summed E-state index contributed by atoms with van der Waals surface area (Å²) >= 11 is 1.31. The predicted molar refractivity (Wildman–Crippen MR) is 79.6 cm³/mol. The van der Waals surface area contributed by atoms with Crippen molar-refractivity contribution >= 4 is 28.2 Å². The Labute approximate surface area is 118 Å². The molecule has 6 heteroatoms. The van der Waals surface area contributed by atoms with Crippen LogP contribution < -0.4 is 16.4 Å². The molecule has 1 saturated carbocycles. The number of amides is 1.